The number of hydrogen-bond donors (Lipinski definition) is 1. The molecule has 0 aromatic heterocycles. The minimum atomic E-state index is 0.782. The molecule has 2 nitrogen and oxygen atoms in total. The van der Waals surface area contributed by atoms with Crippen molar-refractivity contribution in [2.24, 2.45) is 0 Å². The lowest BCUT2D eigenvalue weighted by Crippen LogP contribution is -2.38. The molecule has 15 heavy (non-hydrogen) atoms. The number of likely N-dealkylation sites (tertiary alicyclic amines) is 1. The SMILES string of the molecule is CCN1CCCC1CN(C)CC=CCS. The van der Waals surface area contributed by atoms with Gasteiger partial charge in [0.05, 0.1) is 0 Å². The van der Waals surface area contributed by atoms with Gasteiger partial charge in [0.1, 0.15) is 0 Å². The standard InChI is InChI=1S/C12H24N2S/c1-3-14-9-6-7-12(14)11-13(2)8-4-5-10-15/h4-5,12,15H,3,6-11H2,1-2H3. The van der Waals surface area contributed by atoms with Crippen molar-refractivity contribution < 1.29 is 0 Å². The van der Waals surface area contributed by atoms with E-state index in [4.69, 9.17) is 0 Å². The van der Waals surface area contributed by atoms with E-state index in [1.54, 1.807) is 0 Å². The molecule has 1 aliphatic rings. The van der Waals surface area contributed by atoms with E-state index < -0.39 is 0 Å². The highest BCUT2D eigenvalue weighted by molar-refractivity contribution is 7.80. The highest BCUT2D eigenvalue weighted by Gasteiger charge is 2.23. The van der Waals surface area contributed by atoms with Crippen molar-refractivity contribution in [1.29, 1.82) is 0 Å². The molecule has 0 aromatic carbocycles. The average molecular weight is 228 g/mol. The smallest absolute Gasteiger partial charge is 0.0223 e. The Morgan fingerprint density at radius 3 is 2.93 bits per heavy atom. The Kier molecular flexibility index (Phi) is 6.37. The molecule has 0 N–H and O–H groups in total. The highest BCUT2D eigenvalue weighted by Crippen LogP contribution is 2.16. The van der Waals surface area contributed by atoms with E-state index in [1.807, 2.05) is 0 Å². The van der Waals surface area contributed by atoms with E-state index in [0.29, 0.717) is 0 Å². The third kappa shape index (κ3) is 4.58. The summed E-state index contributed by atoms with van der Waals surface area (Å²) in [7, 11) is 2.20. The third-order valence-corrected chi connectivity index (χ3v) is 3.33. The van der Waals surface area contributed by atoms with Crippen molar-refractivity contribution in [2.45, 2.75) is 25.8 Å². The molecular weight excluding hydrogens is 204 g/mol. The minimum Gasteiger partial charge on any atom is -0.301 e. The van der Waals surface area contributed by atoms with E-state index >= 15 is 0 Å². The first kappa shape index (κ1) is 13.1. The second-order valence-electron chi connectivity index (χ2n) is 4.30. The van der Waals surface area contributed by atoms with Crippen molar-refractivity contribution >= 4 is 12.6 Å². The molecule has 1 heterocycles. The van der Waals surface area contributed by atoms with Gasteiger partial charge in [0, 0.05) is 24.9 Å². The summed E-state index contributed by atoms with van der Waals surface area (Å²) in [4.78, 5) is 5.00. The zero-order valence-electron chi connectivity index (χ0n) is 10.0. The third-order valence-electron chi connectivity index (χ3n) is 3.12. The van der Waals surface area contributed by atoms with Gasteiger partial charge < -0.3 is 4.90 Å². The Morgan fingerprint density at radius 1 is 1.47 bits per heavy atom. The molecule has 1 unspecified atom stereocenters. The van der Waals surface area contributed by atoms with Crippen LogP contribution < -0.4 is 0 Å². The molecule has 1 rings (SSSR count). The number of rotatable bonds is 6. The predicted molar refractivity (Wildman–Crippen MR) is 70.8 cm³/mol. The van der Waals surface area contributed by atoms with Crippen LogP contribution in [0, 0.1) is 0 Å². The van der Waals surface area contributed by atoms with Crippen molar-refractivity contribution in [3.05, 3.63) is 12.2 Å². The fraction of sp³-hybridized carbons (Fsp3) is 0.833. The molecule has 0 bridgehead atoms. The van der Waals surface area contributed by atoms with Crippen LogP contribution >= 0.6 is 12.6 Å². The average Bonchev–Trinajstić information content (AvgIpc) is 2.65. The van der Waals surface area contributed by atoms with Crippen molar-refractivity contribution in [1.82, 2.24) is 9.80 Å². The molecule has 88 valence electrons. The van der Waals surface area contributed by atoms with Crippen molar-refractivity contribution in [3.63, 3.8) is 0 Å². The van der Waals surface area contributed by atoms with Crippen LogP contribution in [-0.4, -0.2) is 54.8 Å². The Balaban J connectivity index is 2.24. The summed E-state index contributed by atoms with van der Waals surface area (Å²) in [5.41, 5.74) is 0. The van der Waals surface area contributed by atoms with Gasteiger partial charge in [-0.25, -0.2) is 0 Å². The fourth-order valence-corrected chi connectivity index (χ4v) is 2.43. The number of likely N-dealkylation sites (N-methyl/N-ethyl adjacent to an activating group) is 2. The first-order chi connectivity index (χ1) is 7.27. The van der Waals surface area contributed by atoms with Gasteiger partial charge in [-0.15, -0.1) is 0 Å². The highest BCUT2D eigenvalue weighted by atomic mass is 32.1. The first-order valence-electron chi connectivity index (χ1n) is 5.96. The molecule has 0 saturated carbocycles. The predicted octanol–water partition coefficient (Wildman–Crippen LogP) is 1.89. The lowest BCUT2D eigenvalue weighted by Gasteiger charge is -2.27. The van der Waals surface area contributed by atoms with E-state index in [-0.39, 0.29) is 0 Å². The topological polar surface area (TPSA) is 6.48 Å². The molecule has 3 heteroatoms. The van der Waals surface area contributed by atoms with E-state index in [1.165, 1.54) is 32.5 Å². The molecule has 0 radical (unpaired) electrons. The quantitative estimate of drug-likeness (QED) is 0.548. The molecule has 0 spiro atoms. The largest absolute Gasteiger partial charge is 0.301 e. The summed E-state index contributed by atoms with van der Waals surface area (Å²) in [5, 5.41) is 0. The van der Waals surface area contributed by atoms with Crippen LogP contribution in [0.25, 0.3) is 0 Å². The van der Waals surface area contributed by atoms with Crippen LogP contribution in [0.3, 0.4) is 0 Å². The second-order valence-corrected chi connectivity index (χ2v) is 4.66. The first-order valence-corrected chi connectivity index (χ1v) is 6.59. The van der Waals surface area contributed by atoms with Gasteiger partial charge in [0.25, 0.3) is 0 Å². The van der Waals surface area contributed by atoms with Crippen LogP contribution in [0.5, 0.6) is 0 Å². The number of nitrogens with zero attached hydrogens (tertiary/aromatic N) is 2. The Morgan fingerprint density at radius 2 is 2.27 bits per heavy atom. The zero-order valence-corrected chi connectivity index (χ0v) is 10.9. The molecule has 0 aromatic rings. The van der Waals surface area contributed by atoms with Gasteiger partial charge in [0.2, 0.25) is 0 Å². The van der Waals surface area contributed by atoms with Crippen LogP contribution in [0.15, 0.2) is 12.2 Å². The minimum absolute atomic E-state index is 0.782. The van der Waals surface area contributed by atoms with Gasteiger partial charge in [-0.1, -0.05) is 19.1 Å². The van der Waals surface area contributed by atoms with Gasteiger partial charge in [-0.2, -0.15) is 12.6 Å². The molecule has 1 fully saturated rings. The van der Waals surface area contributed by atoms with E-state index in [9.17, 15) is 0 Å². The molecule has 1 aliphatic heterocycles. The van der Waals surface area contributed by atoms with Crippen LogP contribution in [0.4, 0.5) is 0 Å². The van der Waals surface area contributed by atoms with Crippen molar-refractivity contribution in [3.8, 4) is 0 Å². The maximum absolute atomic E-state index is 4.16. The molecule has 0 aliphatic carbocycles. The van der Waals surface area contributed by atoms with Crippen molar-refractivity contribution in [2.75, 3.05) is 39.0 Å². The summed E-state index contributed by atoms with van der Waals surface area (Å²) in [6.07, 6.45) is 7.07. The summed E-state index contributed by atoms with van der Waals surface area (Å²) >= 11 is 4.16. The zero-order chi connectivity index (χ0) is 11.1. The molecule has 0 amide bonds. The molecular formula is C12H24N2S. The Bertz CT molecular complexity index is 194. The summed E-state index contributed by atoms with van der Waals surface area (Å²) in [6.45, 7) is 7.00. The number of thiol groups is 1. The summed E-state index contributed by atoms with van der Waals surface area (Å²) in [5.74, 6) is 0.846. The van der Waals surface area contributed by atoms with Gasteiger partial charge in [-0.3, -0.25) is 4.90 Å². The lowest BCUT2D eigenvalue weighted by molar-refractivity contribution is 0.207. The van der Waals surface area contributed by atoms with Crippen LogP contribution in [0.1, 0.15) is 19.8 Å². The molecule has 1 atom stereocenters. The summed E-state index contributed by atoms with van der Waals surface area (Å²) < 4.78 is 0. The Hall–Kier alpha value is 0.01000. The van der Waals surface area contributed by atoms with E-state index in [2.05, 4.69) is 48.6 Å². The lowest BCUT2D eigenvalue weighted by atomic mass is 10.2. The van der Waals surface area contributed by atoms with Gasteiger partial charge >= 0.3 is 0 Å². The monoisotopic (exact) mass is 228 g/mol. The normalized spacial score (nSPS) is 23.3. The van der Waals surface area contributed by atoms with E-state index in [0.717, 1.165) is 18.3 Å². The number of hydrogen-bond acceptors (Lipinski definition) is 3. The molecule has 1 saturated heterocycles. The van der Waals surface area contributed by atoms with Gasteiger partial charge in [-0.05, 0) is 33.0 Å². The second kappa shape index (κ2) is 7.31. The van der Waals surface area contributed by atoms with Crippen LogP contribution in [0.2, 0.25) is 0 Å². The Labute approximate surface area is 99.7 Å². The van der Waals surface area contributed by atoms with Crippen LogP contribution in [-0.2, 0) is 0 Å². The summed E-state index contributed by atoms with van der Waals surface area (Å²) in [6, 6.07) is 0.782. The van der Waals surface area contributed by atoms with Gasteiger partial charge in [0.15, 0.2) is 0 Å². The fourth-order valence-electron chi connectivity index (χ4n) is 2.28. The maximum Gasteiger partial charge on any atom is 0.0223 e. The maximum atomic E-state index is 4.16.